The first-order valence-electron chi connectivity index (χ1n) is 4.35. The molecule has 0 radical (unpaired) electrons. The van der Waals surface area contributed by atoms with Gasteiger partial charge < -0.3 is 10.0 Å². The lowest BCUT2D eigenvalue weighted by molar-refractivity contribution is 0.0187. The van der Waals surface area contributed by atoms with E-state index in [1.54, 1.807) is 11.3 Å². The minimum Gasteiger partial charge on any atom is -0.386 e. The van der Waals surface area contributed by atoms with Crippen molar-refractivity contribution >= 4 is 11.3 Å². The number of hydrogen-bond donors (Lipinski definition) is 1. The summed E-state index contributed by atoms with van der Waals surface area (Å²) in [5, 5.41) is 12.1. The van der Waals surface area contributed by atoms with Crippen LogP contribution in [0.2, 0.25) is 0 Å². The van der Waals surface area contributed by atoms with Crippen LogP contribution in [0.3, 0.4) is 0 Å². The zero-order valence-corrected chi connectivity index (χ0v) is 9.43. The van der Waals surface area contributed by atoms with Crippen molar-refractivity contribution in [3.63, 3.8) is 0 Å². The molecule has 0 aliphatic rings. The van der Waals surface area contributed by atoms with Crippen LogP contribution in [0.25, 0.3) is 0 Å². The zero-order valence-electron chi connectivity index (χ0n) is 8.61. The molecule has 0 saturated carbocycles. The van der Waals surface area contributed by atoms with Crippen molar-refractivity contribution in [2.45, 2.75) is 25.5 Å². The summed E-state index contributed by atoms with van der Waals surface area (Å²) in [6, 6.07) is 3.94. The van der Waals surface area contributed by atoms with Gasteiger partial charge in [0.2, 0.25) is 0 Å². The highest BCUT2D eigenvalue weighted by Gasteiger charge is 2.31. The molecule has 0 spiro atoms. The van der Waals surface area contributed by atoms with Gasteiger partial charge in [0.05, 0.1) is 0 Å². The minimum atomic E-state index is -0.414. The van der Waals surface area contributed by atoms with Gasteiger partial charge in [0, 0.05) is 10.4 Å². The number of rotatable bonds is 3. The first kappa shape index (κ1) is 10.7. The van der Waals surface area contributed by atoms with Crippen molar-refractivity contribution < 1.29 is 5.11 Å². The fraction of sp³-hybridized carbons (Fsp3) is 0.600. The molecule has 0 aromatic carbocycles. The van der Waals surface area contributed by atoms with E-state index >= 15 is 0 Å². The number of hydrogen-bond acceptors (Lipinski definition) is 3. The average molecular weight is 199 g/mol. The molecule has 0 saturated heterocycles. The summed E-state index contributed by atoms with van der Waals surface area (Å²) in [5.41, 5.74) is -0.217. The van der Waals surface area contributed by atoms with Gasteiger partial charge in [0.1, 0.15) is 6.10 Å². The minimum absolute atomic E-state index is 0.217. The Labute approximate surface area is 83.8 Å². The lowest BCUT2D eigenvalue weighted by Gasteiger charge is -2.36. The van der Waals surface area contributed by atoms with Gasteiger partial charge in [0.15, 0.2) is 0 Å². The van der Waals surface area contributed by atoms with Crippen LogP contribution in [0.4, 0.5) is 0 Å². The fourth-order valence-electron chi connectivity index (χ4n) is 1.04. The monoisotopic (exact) mass is 199 g/mol. The first-order chi connectivity index (χ1) is 5.96. The van der Waals surface area contributed by atoms with Crippen LogP contribution in [0, 0.1) is 0 Å². The molecule has 0 aliphatic heterocycles. The summed E-state index contributed by atoms with van der Waals surface area (Å²) in [6.45, 7) is 4.08. The van der Waals surface area contributed by atoms with Crippen molar-refractivity contribution in [1.82, 2.24) is 4.90 Å². The molecule has 1 atom stereocenters. The largest absolute Gasteiger partial charge is 0.386 e. The number of aliphatic hydroxyl groups is 1. The molecule has 1 rings (SSSR count). The van der Waals surface area contributed by atoms with Crippen LogP contribution in [0.1, 0.15) is 24.8 Å². The molecule has 3 heteroatoms. The van der Waals surface area contributed by atoms with Gasteiger partial charge >= 0.3 is 0 Å². The third kappa shape index (κ3) is 2.10. The number of nitrogens with zero attached hydrogens (tertiary/aromatic N) is 1. The smallest absolute Gasteiger partial charge is 0.106 e. The summed E-state index contributed by atoms with van der Waals surface area (Å²) in [4.78, 5) is 3.07. The summed E-state index contributed by atoms with van der Waals surface area (Å²) in [7, 11) is 3.97. The van der Waals surface area contributed by atoms with Gasteiger partial charge in [-0.1, -0.05) is 6.07 Å². The van der Waals surface area contributed by atoms with Gasteiger partial charge in [-0.2, -0.15) is 0 Å². The third-order valence-electron chi connectivity index (χ3n) is 2.63. The molecule has 1 aromatic heterocycles. The van der Waals surface area contributed by atoms with Gasteiger partial charge in [0.25, 0.3) is 0 Å². The molecule has 0 bridgehead atoms. The van der Waals surface area contributed by atoms with Crippen LogP contribution >= 0.6 is 11.3 Å². The van der Waals surface area contributed by atoms with E-state index in [2.05, 4.69) is 0 Å². The second-order valence-corrected chi connectivity index (χ2v) is 4.95. The normalized spacial score (nSPS) is 14.9. The molecule has 13 heavy (non-hydrogen) atoms. The van der Waals surface area contributed by atoms with Crippen molar-refractivity contribution in [3.05, 3.63) is 22.4 Å². The molecule has 0 aliphatic carbocycles. The molecule has 2 nitrogen and oxygen atoms in total. The Kier molecular flexibility index (Phi) is 3.11. The highest BCUT2D eigenvalue weighted by atomic mass is 32.1. The molecule has 0 amide bonds. The lowest BCUT2D eigenvalue weighted by Crippen LogP contribution is -2.43. The molecule has 0 fully saturated rings. The topological polar surface area (TPSA) is 23.5 Å². The Morgan fingerprint density at radius 1 is 1.46 bits per heavy atom. The van der Waals surface area contributed by atoms with Crippen LogP contribution in [-0.4, -0.2) is 29.6 Å². The summed E-state index contributed by atoms with van der Waals surface area (Å²) >= 11 is 1.60. The quantitative estimate of drug-likeness (QED) is 0.806. The summed E-state index contributed by atoms with van der Waals surface area (Å²) < 4.78 is 0. The van der Waals surface area contributed by atoms with Crippen molar-refractivity contribution in [1.29, 1.82) is 0 Å². The van der Waals surface area contributed by atoms with Crippen LogP contribution in [0.5, 0.6) is 0 Å². The van der Waals surface area contributed by atoms with E-state index in [4.69, 9.17) is 0 Å². The summed E-state index contributed by atoms with van der Waals surface area (Å²) in [5.74, 6) is 0. The van der Waals surface area contributed by atoms with Crippen LogP contribution in [-0.2, 0) is 0 Å². The van der Waals surface area contributed by atoms with Crippen molar-refractivity contribution in [3.8, 4) is 0 Å². The molecule has 1 heterocycles. The van der Waals surface area contributed by atoms with Gasteiger partial charge in [-0.25, -0.2) is 0 Å². The Balaban J connectivity index is 2.84. The lowest BCUT2D eigenvalue weighted by atomic mass is 9.95. The molecule has 74 valence electrons. The maximum absolute atomic E-state index is 10.1. The Hall–Kier alpha value is -0.380. The van der Waals surface area contributed by atoms with Crippen molar-refractivity contribution in [2.24, 2.45) is 0 Å². The highest BCUT2D eigenvalue weighted by molar-refractivity contribution is 7.10. The Morgan fingerprint density at radius 2 is 2.08 bits per heavy atom. The maximum atomic E-state index is 10.1. The van der Waals surface area contributed by atoms with E-state index in [1.165, 1.54) is 0 Å². The number of thiophene rings is 1. The Morgan fingerprint density at radius 3 is 2.46 bits per heavy atom. The molecular formula is C10H17NOS. The van der Waals surface area contributed by atoms with E-state index < -0.39 is 6.10 Å². The molecule has 1 aromatic rings. The maximum Gasteiger partial charge on any atom is 0.106 e. The van der Waals surface area contributed by atoms with E-state index in [0.717, 1.165) is 4.88 Å². The molecule has 1 N–H and O–H groups in total. The zero-order chi connectivity index (χ0) is 10.1. The average Bonchev–Trinajstić information content (AvgIpc) is 2.54. The standard InChI is InChI=1S/C10H17NOS/c1-10(2,11(3)4)9(12)8-6-5-7-13-8/h5-7,9,12H,1-4H3. The number of likely N-dealkylation sites (N-methyl/N-ethyl adjacent to an activating group) is 1. The van der Waals surface area contributed by atoms with E-state index in [9.17, 15) is 5.11 Å². The first-order valence-corrected chi connectivity index (χ1v) is 5.23. The van der Waals surface area contributed by atoms with Crippen LogP contribution in [0.15, 0.2) is 17.5 Å². The van der Waals surface area contributed by atoms with Crippen LogP contribution < -0.4 is 0 Å². The predicted molar refractivity (Wildman–Crippen MR) is 57.0 cm³/mol. The van der Waals surface area contributed by atoms with E-state index in [1.807, 2.05) is 50.4 Å². The second-order valence-electron chi connectivity index (χ2n) is 3.97. The SMILES string of the molecule is CN(C)C(C)(C)C(O)c1cccs1. The molecule has 1 unspecified atom stereocenters. The fourth-order valence-corrected chi connectivity index (χ4v) is 1.93. The molecular weight excluding hydrogens is 182 g/mol. The van der Waals surface area contributed by atoms with Crippen molar-refractivity contribution in [2.75, 3.05) is 14.1 Å². The highest BCUT2D eigenvalue weighted by Crippen LogP contribution is 2.31. The predicted octanol–water partition coefficient (Wildman–Crippen LogP) is 2.12. The van der Waals surface area contributed by atoms with E-state index in [-0.39, 0.29) is 5.54 Å². The van der Waals surface area contributed by atoms with Gasteiger partial charge in [-0.15, -0.1) is 11.3 Å². The number of aliphatic hydroxyl groups excluding tert-OH is 1. The van der Waals surface area contributed by atoms with E-state index in [0.29, 0.717) is 0 Å². The third-order valence-corrected chi connectivity index (χ3v) is 3.56. The Bertz CT molecular complexity index is 254. The van der Waals surface area contributed by atoms with Gasteiger partial charge in [-0.3, -0.25) is 0 Å². The second kappa shape index (κ2) is 3.78. The van der Waals surface area contributed by atoms with Gasteiger partial charge in [-0.05, 0) is 39.4 Å². The summed E-state index contributed by atoms with van der Waals surface area (Å²) in [6.07, 6.45) is -0.414.